The molecule has 0 spiro atoms. The molecule has 0 unspecified atom stereocenters. The van der Waals surface area contributed by atoms with Gasteiger partial charge in [-0.05, 0) is 28.8 Å². The van der Waals surface area contributed by atoms with E-state index in [9.17, 15) is 9.65 Å². The number of halogens is 1. The van der Waals surface area contributed by atoms with Gasteiger partial charge in [0.05, 0.1) is 6.07 Å². The molecule has 0 saturated carbocycles. The number of benzene rings is 3. The van der Waals surface area contributed by atoms with Crippen LogP contribution in [0.25, 0.3) is 0 Å². The van der Waals surface area contributed by atoms with E-state index in [1.807, 2.05) is 60.7 Å². The van der Waals surface area contributed by atoms with E-state index >= 15 is 0 Å². The first-order chi connectivity index (χ1) is 10.8. The smallest absolute Gasteiger partial charge is 0.132 e. The van der Waals surface area contributed by atoms with Gasteiger partial charge in [-0.2, -0.15) is 5.26 Å². The van der Waals surface area contributed by atoms with Crippen molar-refractivity contribution >= 4 is 0 Å². The Morgan fingerprint density at radius 2 is 1.05 bits per heavy atom. The van der Waals surface area contributed by atoms with E-state index in [-0.39, 0.29) is 5.82 Å². The van der Waals surface area contributed by atoms with Gasteiger partial charge in [0.1, 0.15) is 11.2 Å². The monoisotopic (exact) mass is 287 g/mol. The molecular weight excluding hydrogens is 273 g/mol. The van der Waals surface area contributed by atoms with Gasteiger partial charge in [-0.15, -0.1) is 0 Å². The highest BCUT2D eigenvalue weighted by Gasteiger charge is 2.36. The first kappa shape index (κ1) is 14.0. The Morgan fingerprint density at radius 1 is 0.636 bits per heavy atom. The van der Waals surface area contributed by atoms with Crippen LogP contribution in [0.3, 0.4) is 0 Å². The molecule has 3 aromatic carbocycles. The van der Waals surface area contributed by atoms with Crippen LogP contribution in [0.1, 0.15) is 16.7 Å². The lowest BCUT2D eigenvalue weighted by molar-refractivity contribution is 0.625. The van der Waals surface area contributed by atoms with Crippen molar-refractivity contribution in [2.75, 3.05) is 0 Å². The maximum Gasteiger partial charge on any atom is 0.132 e. The molecule has 1 nitrogen and oxygen atoms in total. The van der Waals surface area contributed by atoms with E-state index < -0.39 is 5.41 Å². The number of rotatable bonds is 3. The van der Waals surface area contributed by atoms with Crippen LogP contribution in [0.2, 0.25) is 0 Å². The second-order valence-electron chi connectivity index (χ2n) is 5.10. The lowest BCUT2D eigenvalue weighted by Gasteiger charge is -2.28. The summed E-state index contributed by atoms with van der Waals surface area (Å²) in [5.74, 6) is -0.309. The van der Waals surface area contributed by atoms with Gasteiger partial charge >= 0.3 is 0 Å². The summed E-state index contributed by atoms with van der Waals surface area (Å²) in [4.78, 5) is 0. The zero-order valence-electron chi connectivity index (χ0n) is 11.9. The third kappa shape index (κ3) is 2.27. The zero-order chi connectivity index (χ0) is 15.4. The summed E-state index contributed by atoms with van der Waals surface area (Å²) >= 11 is 0. The van der Waals surface area contributed by atoms with Crippen molar-refractivity contribution in [1.29, 1.82) is 5.26 Å². The van der Waals surface area contributed by atoms with Crippen molar-refractivity contribution in [2.24, 2.45) is 0 Å². The van der Waals surface area contributed by atoms with E-state index in [2.05, 4.69) is 6.07 Å². The van der Waals surface area contributed by atoms with Gasteiger partial charge < -0.3 is 0 Å². The van der Waals surface area contributed by atoms with E-state index in [0.717, 1.165) is 16.7 Å². The molecule has 106 valence electrons. The van der Waals surface area contributed by atoms with Gasteiger partial charge in [0.25, 0.3) is 0 Å². The molecule has 0 fully saturated rings. The summed E-state index contributed by atoms with van der Waals surface area (Å²) in [6, 6.07) is 27.8. The van der Waals surface area contributed by atoms with Crippen molar-refractivity contribution in [3.63, 3.8) is 0 Å². The highest BCUT2D eigenvalue weighted by molar-refractivity contribution is 5.56. The fourth-order valence-electron chi connectivity index (χ4n) is 2.77. The molecule has 0 aliphatic rings. The normalized spacial score (nSPS) is 10.9. The number of nitrogens with zero attached hydrogens (tertiary/aromatic N) is 1. The lowest BCUT2D eigenvalue weighted by Crippen LogP contribution is -2.27. The van der Waals surface area contributed by atoms with Crippen LogP contribution >= 0.6 is 0 Å². The van der Waals surface area contributed by atoms with Gasteiger partial charge in [-0.3, -0.25) is 0 Å². The van der Waals surface area contributed by atoms with E-state index in [1.165, 1.54) is 12.1 Å². The molecule has 2 heteroatoms. The van der Waals surface area contributed by atoms with Gasteiger partial charge in [0.15, 0.2) is 0 Å². The Bertz CT molecular complexity index is 747. The van der Waals surface area contributed by atoms with Crippen LogP contribution < -0.4 is 0 Å². The van der Waals surface area contributed by atoms with Crippen LogP contribution in [0.4, 0.5) is 4.39 Å². The molecular formula is C20H14FN. The lowest BCUT2D eigenvalue weighted by atomic mass is 9.70. The molecule has 0 N–H and O–H groups in total. The fraction of sp³-hybridized carbons (Fsp3) is 0.0500. The Kier molecular flexibility index (Phi) is 3.72. The average molecular weight is 287 g/mol. The van der Waals surface area contributed by atoms with Crippen LogP contribution in [0.5, 0.6) is 0 Å². The second-order valence-corrected chi connectivity index (χ2v) is 5.10. The molecule has 0 atom stereocenters. The van der Waals surface area contributed by atoms with Crippen molar-refractivity contribution in [3.8, 4) is 6.07 Å². The second kappa shape index (κ2) is 5.83. The van der Waals surface area contributed by atoms with Gasteiger partial charge in [-0.1, -0.05) is 72.8 Å². The molecule has 0 bridgehead atoms. The van der Waals surface area contributed by atoms with Crippen molar-refractivity contribution in [1.82, 2.24) is 0 Å². The minimum Gasteiger partial charge on any atom is -0.207 e. The highest BCUT2D eigenvalue weighted by Crippen LogP contribution is 2.38. The number of hydrogen-bond donors (Lipinski definition) is 0. The molecule has 0 radical (unpaired) electrons. The molecule has 0 aliphatic heterocycles. The Labute approximate surface area is 129 Å². The molecule has 0 aromatic heterocycles. The summed E-state index contributed by atoms with van der Waals surface area (Å²) in [6.45, 7) is 0. The van der Waals surface area contributed by atoms with Crippen LogP contribution in [-0.4, -0.2) is 0 Å². The standard InChI is InChI=1S/C20H14FN/c21-19-13-11-18(12-14-19)20(15-22,16-7-3-1-4-8-16)17-9-5-2-6-10-17/h1-14H. The van der Waals surface area contributed by atoms with Gasteiger partial charge in [-0.25, -0.2) is 4.39 Å². The summed E-state index contributed by atoms with van der Waals surface area (Å²) in [7, 11) is 0. The molecule has 3 aromatic rings. The molecule has 0 aliphatic carbocycles. The van der Waals surface area contributed by atoms with Crippen molar-refractivity contribution in [3.05, 3.63) is 107 Å². The van der Waals surface area contributed by atoms with E-state index in [1.54, 1.807) is 12.1 Å². The molecule has 3 rings (SSSR count). The Hall–Kier alpha value is -2.92. The topological polar surface area (TPSA) is 23.8 Å². The SMILES string of the molecule is N#CC(c1ccccc1)(c1ccccc1)c1ccc(F)cc1. The van der Waals surface area contributed by atoms with Gasteiger partial charge in [0.2, 0.25) is 0 Å². The van der Waals surface area contributed by atoms with Crippen LogP contribution in [-0.2, 0) is 5.41 Å². The average Bonchev–Trinajstić information content (AvgIpc) is 2.59. The molecule has 0 amide bonds. The number of hydrogen-bond acceptors (Lipinski definition) is 1. The zero-order valence-corrected chi connectivity index (χ0v) is 11.9. The maximum atomic E-state index is 13.3. The minimum absolute atomic E-state index is 0.309. The molecule has 22 heavy (non-hydrogen) atoms. The Balaban J connectivity index is 2.31. The Morgan fingerprint density at radius 3 is 1.45 bits per heavy atom. The quantitative estimate of drug-likeness (QED) is 0.641. The largest absolute Gasteiger partial charge is 0.207 e. The summed E-state index contributed by atoms with van der Waals surface area (Å²) in [6.07, 6.45) is 0. The third-order valence-corrected chi connectivity index (χ3v) is 3.86. The predicted octanol–water partition coefficient (Wildman–Crippen LogP) is 4.68. The number of nitriles is 1. The first-order valence-corrected chi connectivity index (χ1v) is 7.06. The van der Waals surface area contributed by atoms with Crippen molar-refractivity contribution < 1.29 is 4.39 Å². The third-order valence-electron chi connectivity index (χ3n) is 3.86. The fourth-order valence-corrected chi connectivity index (χ4v) is 2.77. The summed E-state index contributed by atoms with van der Waals surface area (Å²) in [5, 5.41) is 10.1. The van der Waals surface area contributed by atoms with E-state index in [4.69, 9.17) is 0 Å². The molecule has 0 saturated heterocycles. The van der Waals surface area contributed by atoms with Crippen molar-refractivity contribution in [2.45, 2.75) is 5.41 Å². The van der Waals surface area contributed by atoms with E-state index in [0.29, 0.717) is 0 Å². The molecule has 0 heterocycles. The minimum atomic E-state index is -0.948. The summed E-state index contributed by atoms with van der Waals surface area (Å²) in [5.41, 5.74) is 1.55. The highest BCUT2D eigenvalue weighted by atomic mass is 19.1. The summed E-state index contributed by atoms with van der Waals surface area (Å²) < 4.78 is 13.3. The maximum absolute atomic E-state index is 13.3. The van der Waals surface area contributed by atoms with Crippen LogP contribution in [0.15, 0.2) is 84.9 Å². The van der Waals surface area contributed by atoms with Gasteiger partial charge in [0, 0.05) is 0 Å². The first-order valence-electron chi connectivity index (χ1n) is 7.06. The predicted molar refractivity (Wildman–Crippen MR) is 84.8 cm³/mol. The van der Waals surface area contributed by atoms with Crippen LogP contribution in [0, 0.1) is 17.1 Å².